The number of hydrogen-bond donors (Lipinski definition) is 1. The molecule has 28 heavy (non-hydrogen) atoms. The Morgan fingerprint density at radius 3 is 2.64 bits per heavy atom. The predicted octanol–water partition coefficient (Wildman–Crippen LogP) is 4.88. The van der Waals surface area contributed by atoms with Crippen LogP contribution in [0.1, 0.15) is 23.6 Å². The maximum absolute atomic E-state index is 12.2. The van der Waals surface area contributed by atoms with Crippen molar-refractivity contribution in [1.29, 1.82) is 0 Å². The average Bonchev–Trinajstić information content (AvgIpc) is 3.23. The number of nitrogens with zero attached hydrogens (tertiary/aromatic N) is 3. The highest BCUT2D eigenvalue weighted by molar-refractivity contribution is 9.10. The third-order valence-electron chi connectivity index (χ3n) is 4.25. The number of rotatable bonds is 6. The van der Waals surface area contributed by atoms with Gasteiger partial charge in [-0.15, -0.1) is 11.8 Å². The van der Waals surface area contributed by atoms with Crippen LogP contribution in [0.4, 0.5) is 0 Å². The number of thioether (sulfide) groups is 1. The van der Waals surface area contributed by atoms with Gasteiger partial charge in [0.2, 0.25) is 5.91 Å². The minimum Gasteiger partial charge on any atom is -0.306 e. The minimum atomic E-state index is -0.126. The Morgan fingerprint density at radius 1 is 1.21 bits per heavy atom. The number of nitrogens with one attached hydrogen (secondary N) is 1. The second kappa shape index (κ2) is 9.21. The van der Waals surface area contributed by atoms with Crippen molar-refractivity contribution in [2.45, 2.75) is 25.7 Å². The molecule has 0 saturated carbocycles. The quantitative estimate of drug-likeness (QED) is 0.326. The molecule has 0 aliphatic carbocycles. The van der Waals surface area contributed by atoms with E-state index in [-0.39, 0.29) is 5.91 Å². The van der Waals surface area contributed by atoms with E-state index in [4.69, 9.17) is 0 Å². The van der Waals surface area contributed by atoms with Crippen LogP contribution in [0.2, 0.25) is 0 Å². The van der Waals surface area contributed by atoms with Gasteiger partial charge in [0, 0.05) is 27.4 Å². The smallest absolute Gasteiger partial charge is 0.250 e. The van der Waals surface area contributed by atoms with E-state index in [0.717, 1.165) is 37.5 Å². The van der Waals surface area contributed by atoms with Crippen LogP contribution in [0.25, 0.3) is 5.69 Å². The summed E-state index contributed by atoms with van der Waals surface area (Å²) in [4.78, 5) is 17.3. The standard InChI is InChI=1S/C21H21BrN4OS/c1-14-11-20(15(2)10-19(14)22)28-12-21(27)25-24-16(3)17-4-6-18(7-5-17)26-9-8-23-13-26/h4-11,13H,12H2,1-3H3,(H,25,27)/b24-16-. The zero-order valence-electron chi connectivity index (χ0n) is 15.9. The summed E-state index contributed by atoms with van der Waals surface area (Å²) in [7, 11) is 0. The fourth-order valence-electron chi connectivity index (χ4n) is 2.58. The van der Waals surface area contributed by atoms with Crippen molar-refractivity contribution in [3.8, 4) is 5.69 Å². The number of carbonyl (C=O) groups excluding carboxylic acids is 1. The topological polar surface area (TPSA) is 59.3 Å². The third kappa shape index (κ3) is 5.11. The van der Waals surface area contributed by atoms with Gasteiger partial charge in [0.15, 0.2) is 0 Å². The molecule has 0 atom stereocenters. The molecular weight excluding hydrogens is 436 g/mol. The van der Waals surface area contributed by atoms with E-state index in [1.54, 1.807) is 12.5 Å². The van der Waals surface area contributed by atoms with E-state index >= 15 is 0 Å². The number of aryl methyl sites for hydroxylation is 2. The van der Waals surface area contributed by atoms with E-state index in [1.807, 2.05) is 55.8 Å². The minimum absolute atomic E-state index is 0.126. The molecule has 5 nitrogen and oxygen atoms in total. The fraction of sp³-hybridized carbons (Fsp3) is 0.190. The number of amides is 1. The predicted molar refractivity (Wildman–Crippen MR) is 118 cm³/mol. The molecule has 0 aliphatic heterocycles. The molecular formula is C21H21BrN4OS. The van der Waals surface area contributed by atoms with Crippen molar-refractivity contribution in [2.24, 2.45) is 5.10 Å². The fourth-order valence-corrected chi connectivity index (χ4v) is 3.94. The monoisotopic (exact) mass is 456 g/mol. The molecule has 0 saturated heterocycles. The van der Waals surface area contributed by atoms with E-state index in [0.29, 0.717) is 5.75 Å². The summed E-state index contributed by atoms with van der Waals surface area (Å²) in [5.41, 5.74) is 7.68. The van der Waals surface area contributed by atoms with Gasteiger partial charge in [-0.05, 0) is 61.7 Å². The van der Waals surface area contributed by atoms with Crippen LogP contribution in [0, 0.1) is 13.8 Å². The summed E-state index contributed by atoms with van der Waals surface area (Å²) >= 11 is 5.04. The Hall–Kier alpha value is -2.38. The molecule has 0 aliphatic rings. The molecule has 1 aromatic heterocycles. The first-order valence-corrected chi connectivity index (χ1v) is 10.5. The summed E-state index contributed by atoms with van der Waals surface area (Å²) < 4.78 is 3.01. The highest BCUT2D eigenvalue weighted by atomic mass is 79.9. The molecule has 7 heteroatoms. The van der Waals surface area contributed by atoms with Crippen molar-refractivity contribution in [2.75, 3.05) is 5.75 Å². The highest BCUT2D eigenvalue weighted by Crippen LogP contribution is 2.28. The summed E-state index contributed by atoms with van der Waals surface area (Å²) in [6, 6.07) is 12.1. The summed E-state index contributed by atoms with van der Waals surface area (Å²) in [5, 5.41) is 4.23. The lowest BCUT2D eigenvalue weighted by atomic mass is 10.1. The first kappa shape index (κ1) is 20.4. The Balaban J connectivity index is 1.57. The lowest BCUT2D eigenvalue weighted by Crippen LogP contribution is -2.21. The molecule has 0 spiro atoms. The van der Waals surface area contributed by atoms with Gasteiger partial charge in [-0.2, -0.15) is 5.10 Å². The lowest BCUT2D eigenvalue weighted by Gasteiger charge is -2.08. The molecule has 3 rings (SSSR count). The molecule has 0 bridgehead atoms. The van der Waals surface area contributed by atoms with Gasteiger partial charge in [-0.1, -0.05) is 28.1 Å². The molecule has 1 heterocycles. The summed E-state index contributed by atoms with van der Waals surface area (Å²) in [5.74, 6) is 0.192. The van der Waals surface area contributed by atoms with Crippen LogP contribution in [-0.2, 0) is 4.79 Å². The van der Waals surface area contributed by atoms with E-state index < -0.39 is 0 Å². The first-order chi connectivity index (χ1) is 13.4. The Labute approximate surface area is 177 Å². The number of carbonyl (C=O) groups is 1. The molecule has 3 aromatic rings. The number of imidazole rings is 1. The summed E-state index contributed by atoms with van der Waals surface area (Å²) in [6.07, 6.45) is 5.39. The van der Waals surface area contributed by atoms with Gasteiger partial charge in [0.1, 0.15) is 0 Å². The lowest BCUT2D eigenvalue weighted by molar-refractivity contribution is -0.118. The van der Waals surface area contributed by atoms with E-state index in [9.17, 15) is 4.79 Å². The van der Waals surface area contributed by atoms with Crippen LogP contribution in [0.5, 0.6) is 0 Å². The summed E-state index contributed by atoms with van der Waals surface area (Å²) in [6.45, 7) is 5.96. The largest absolute Gasteiger partial charge is 0.306 e. The number of hydrazone groups is 1. The van der Waals surface area contributed by atoms with Crippen molar-refractivity contribution < 1.29 is 4.79 Å². The van der Waals surface area contributed by atoms with Crippen LogP contribution >= 0.6 is 27.7 Å². The maximum atomic E-state index is 12.2. The van der Waals surface area contributed by atoms with Gasteiger partial charge in [-0.3, -0.25) is 4.79 Å². The molecule has 144 valence electrons. The zero-order valence-corrected chi connectivity index (χ0v) is 18.3. The highest BCUT2D eigenvalue weighted by Gasteiger charge is 2.07. The molecule has 1 amide bonds. The number of halogens is 1. The normalized spacial score (nSPS) is 11.5. The van der Waals surface area contributed by atoms with Gasteiger partial charge in [-0.25, -0.2) is 10.4 Å². The van der Waals surface area contributed by atoms with Gasteiger partial charge in [0.25, 0.3) is 0 Å². The maximum Gasteiger partial charge on any atom is 0.250 e. The van der Waals surface area contributed by atoms with Crippen molar-refractivity contribution >= 4 is 39.3 Å². The van der Waals surface area contributed by atoms with Gasteiger partial charge >= 0.3 is 0 Å². The molecule has 0 radical (unpaired) electrons. The molecule has 1 N–H and O–H groups in total. The molecule has 0 fully saturated rings. The molecule has 0 unspecified atom stereocenters. The van der Waals surface area contributed by atoms with E-state index in [2.05, 4.69) is 43.6 Å². The zero-order chi connectivity index (χ0) is 20.1. The van der Waals surface area contributed by atoms with Crippen LogP contribution in [0.15, 0.2) is 69.6 Å². The third-order valence-corrected chi connectivity index (χ3v) is 6.26. The van der Waals surface area contributed by atoms with Gasteiger partial charge in [0.05, 0.1) is 17.8 Å². The second-order valence-corrected chi connectivity index (χ2v) is 8.28. The molecule has 2 aromatic carbocycles. The number of benzene rings is 2. The van der Waals surface area contributed by atoms with E-state index in [1.165, 1.54) is 11.8 Å². The van der Waals surface area contributed by atoms with Crippen molar-refractivity contribution in [3.05, 3.63) is 76.3 Å². The Morgan fingerprint density at radius 2 is 1.96 bits per heavy atom. The van der Waals surface area contributed by atoms with Crippen LogP contribution < -0.4 is 5.43 Å². The van der Waals surface area contributed by atoms with Crippen molar-refractivity contribution in [1.82, 2.24) is 15.0 Å². The van der Waals surface area contributed by atoms with Crippen LogP contribution in [-0.4, -0.2) is 26.9 Å². The Kier molecular flexibility index (Phi) is 6.70. The Bertz CT molecular complexity index is 998. The SMILES string of the molecule is C/C(=N/NC(=O)CSc1cc(C)c(Br)cc1C)c1ccc(-n2ccnc2)cc1. The van der Waals surface area contributed by atoms with Gasteiger partial charge < -0.3 is 4.57 Å². The number of hydrogen-bond acceptors (Lipinski definition) is 4. The first-order valence-electron chi connectivity index (χ1n) is 8.75. The van der Waals surface area contributed by atoms with Crippen LogP contribution in [0.3, 0.4) is 0 Å². The number of aromatic nitrogens is 2. The van der Waals surface area contributed by atoms with Crippen molar-refractivity contribution in [3.63, 3.8) is 0 Å². The second-order valence-electron chi connectivity index (χ2n) is 6.40. The average molecular weight is 457 g/mol.